The second kappa shape index (κ2) is 5.65. The Morgan fingerprint density at radius 2 is 1.88 bits per heavy atom. The molecule has 2 heteroatoms. The van der Waals surface area contributed by atoms with Crippen LogP contribution >= 0.6 is 0 Å². The fourth-order valence-corrected chi connectivity index (χ4v) is 2.65. The number of hydrogen-bond acceptors (Lipinski definition) is 2. The van der Waals surface area contributed by atoms with E-state index in [1.165, 1.54) is 29.5 Å². The number of likely N-dealkylation sites (tertiary alicyclic amines) is 1. The molecule has 17 heavy (non-hydrogen) atoms. The lowest BCUT2D eigenvalue weighted by Crippen LogP contribution is -2.34. The second-order valence-electron chi connectivity index (χ2n) is 5.18. The molecule has 94 valence electrons. The van der Waals surface area contributed by atoms with Crippen molar-refractivity contribution >= 4 is 0 Å². The van der Waals surface area contributed by atoms with Crippen LogP contribution in [0.4, 0.5) is 0 Å². The molecule has 0 radical (unpaired) electrons. The van der Waals surface area contributed by atoms with E-state index in [1.807, 2.05) is 0 Å². The first-order valence-corrected chi connectivity index (χ1v) is 6.61. The summed E-state index contributed by atoms with van der Waals surface area (Å²) in [7, 11) is 0. The van der Waals surface area contributed by atoms with E-state index >= 15 is 0 Å². The largest absolute Gasteiger partial charge is 0.395 e. The Bertz CT molecular complexity index is 367. The van der Waals surface area contributed by atoms with Crippen LogP contribution in [0.3, 0.4) is 0 Å². The zero-order valence-electron chi connectivity index (χ0n) is 10.9. The minimum Gasteiger partial charge on any atom is -0.395 e. The average molecular weight is 233 g/mol. The van der Waals surface area contributed by atoms with Gasteiger partial charge >= 0.3 is 0 Å². The lowest BCUT2D eigenvalue weighted by atomic mass is 9.88. The van der Waals surface area contributed by atoms with Crippen LogP contribution in [0.5, 0.6) is 0 Å². The minimum atomic E-state index is 0.286. The lowest BCUT2D eigenvalue weighted by Gasteiger charge is -2.31. The van der Waals surface area contributed by atoms with Crippen molar-refractivity contribution in [2.45, 2.75) is 32.6 Å². The molecule has 0 amide bonds. The molecular weight excluding hydrogens is 210 g/mol. The van der Waals surface area contributed by atoms with Crippen molar-refractivity contribution in [2.24, 2.45) is 0 Å². The van der Waals surface area contributed by atoms with Gasteiger partial charge in [0.25, 0.3) is 0 Å². The molecule has 1 fully saturated rings. The maximum atomic E-state index is 8.93. The molecule has 1 aliphatic rings. The maximum absolute atomic E-state index is 8.93. The zero-order chi connectivity index (χ0) is 12.3. The van der Waals surface area contributed by atoms with E-state index in [9.17, 15) is 0 Å². The Kier molecular flexibility index (Phi) is 4.19. The zero-order valence-corrected chi connectivity index (χ0v) is 10.9. The number of benzene rings is 1. The first kappa shape index (κ1) is 12.6. The summed E-state index contributed by atoms with van der Waals surface area (Å²) >= 11 is 0. The number of aryl methyl sites for hydroxylation is 2. The molecule has 0 aliphatic carbocycles. The Morgan fingerprint density at radius 1 is 1.18 bits per heavy atom. The van der Waals surface area contributed by atoms with E-state index in [1.54, 1.807) is 0 Å². The van der Waals surface area contributed by atoms with E-state index < -0.39 is 0 Å². The van der Waals surface area contributed by atoms with E-state index in [0.29, 0.717) is 5.92 Å². The Hall–Kier alpha value is -0.860. The molecule has 0 saturated carbocycles. The number of aliphatic hydroxyl groups is 1. The third kappa shape index (κ3) is 3.08. The van der Waals surface area contributed by atoms with Crippen molar-refractivity contribution in [1.82, 2.24) is 4.90 Å². The summed E-state index contributed by atoms with van der Waals surface area (Å²) < 4.78 is 0. The van der Waals surface area contributed by atoms with Crippen molar-refractivity contribution in [1.29, 1.82) is 0 Å². The summed E-state index contributed by atoms with van der Waals surface area (Å²) in [5.41, 5.74) is 4.28. The highest BCUT2D eigenvalue weighted by atomic mass is 16.3. The number of hydrogen-bond donors (Lipinski definition) is 1. The molecule has 1 aromatic carbocycles. The molecule has 1 N–H and O–H groups in total. The first-order valence-electron chi connectivity index (χ1n) is 6.61. The highest BCUT2D eigenvalue weighted by Gasteiger charge is 2.20. The predicted octanol–water partition coefficient (Wildman–Crippen LogP) is 2.48. The topological polar surface area (TPSA) is 23.5 Å². The monoisotopic (exact) mass is 233 g/mol. The van der Waals surface area contributed by atoms with Crippen molar-refractivity contribution in [3.05, 3.63) is 34.9 Å². The van der Waals surface area contributed by atoms with Crippen LogP contribution < -0.4 is 0 Å². The molecule has 2 rings (SSSR count). The van der Waals surface area contributed by atoms with Gasteiger partial charge in [0.1, 0.15) is 0 Å². The second-order valence-corrected chi connectivity index (χ2v) is 5.18. The molecular formula is C15H23NO. The van der Waals surface area contributed by atoms with Crippen LogP contribution in [0, 0.1) is 13.8 Å². The smallest absolute Gasteiger partial charge is 0.0558 e. The predicted molar refractivity (Wildman–Crippen MR) is 71.4 cm³/mol. The van der Waals surface area contributed by atoms with E-state index in [4.69, 9.17) is 5.11 Å². The molecule has 1 aromatic rings. The molecule has 1 aliphatic heterocycles. The van der Waals surface area contributed by atoms with Crippen LogP contribution in [-0.4, -0.2) is 36.2 Å². The van der Waals surface area contributed by atoms with Gasteiger partial charge in [-0.05, 0) is 62.4 Å². The first-order chi connectivity index (χ1) is 8.20. The van der Waals surface area contributed by atoms with Crippen molar-refractivity contribution in [2.75, 3.05) is 26.2 Å². The van der Waals surface area contributed by atoms with Crippen molar-refractivity contribution in [3.63, 3.8) is 0 Å². The Morgan fingerprint density at radius 3 is 2.47 bits per heavy atom. The standard InChI is InChI=1S/C15H23NO/c1-12-3-4-15(11-13(12)2)14-5-7-16(8-6-14)9-10-17/h3-4,11,14,17H,5-10H2,1-2H3. The van der Waals surface area contributed by atoms with Gasteiger partial charge in [-0.3, -0.25) is 0 Å². The fourth-order valence-electron chi connectivity index (χ4n) is 2.65. The quantitative estimate of drug-likeness (QED) is 0.867. The highest BCUT2D eigenvalue weighted by molar-refractivity contribution is 5.32. The number of rotatable bonds is 3. The third-order valence-corrected chi connectivity index (χ3v) is 4.01. The van der Waals surface area contributed by atoms with Gasteiger partial charge in [-0.2, -0.15) is 0 Å². The van der Waals surface area contributed by atoms with Gasteiger partial charge in [0.2, 0.25) is 0 Å². The molecule has 0 unspecified atom stereocenters. The SMILES string of the molecule is Cc1ccc(C2CCN(CCO)CC2)cc1C. The minimum absolute atomic E-state index is 0.286. The van der Waals surface area contributed by atoms with E-state index in [0.717, 1.165) is 19.6 Å². The van der Waals surface area contributed by atoms with E-state index in [-0.39, 0.29) is 6.61 Å². The van der Waals surface area contributed by atoms with Gasteiger partial charge < -0.3 is 10.0 Å². The van der Waals surface area contributed by atoms with Crippen LogP contribution in [0.25, 0.3) is 0 Å². The molecule has 0 atom stereocenters. The molecule has 0 bridgehead atoms. The Balaban J connectivity index is 1.98. The number of piperidine rings is 1. The summed E-state index contributed by atoms with van der Waals surface area (Å²) in [6, 6.07) is 6.88. The normalized spacial score (nSPS) is 18.5. The van der Waals surface area contributed by atoms with Crippen LogP contribution in [0.15, 0.2) is 18.2 Å². The van der Waals surface area contributed by atoms with Gasteiger partial charge in [-0.1, -0.05) is 18.2 Å². The molecule has 1 heterocycles. The van der Waals surface area contributed by atoms with Gasteiger partial charge in [0.15, 0.2) is 0 Å². The van der Waals surface area contributed by atoms with Gasteiger partial charge in [0.05, 0.1) is 6.61 Å². The number of nitrogens with zero attached hydrogens (tertiary/aromatic N) is 1. The molecule has 2 nitrogen and oxygen atoms in total. The Labute approximate surface area is 104 Å². The fraction of sp³-hybridized carbons (Fsp3) is 0.600. The van der Waals surface area contributed by atoms with Crippen LogP contribution in [0.1, 0.15) is 35.4 Å². The summed E-state index contributed by atoms with van der Waals surface area (Å²) in [4.78, 5) is 2.36. The van der Waals surface area contributed by atoms with E-state index in [2.05, 4.69) is 36.9 Å². The van der Waals surface area contributed by atoms with Crippen LogP contribution in [0.2, 0.25) is 0 Å². The van der Waals surface area contributed by atoms with Gasteiger partial charge in [0, 0.05) is 6.54 Å². The van der Waals surface area contributed by atoms with Crippen molar-refractivity contribution < 1.29 is 5.11 Å². The maximum Gasteiger partial charge on any atom is 0.0558 e. The summed E-state index contributed by atoms with van der Waals surface area (Å²) in [5, 5.41) is 8.93. The number of aliphatic hydroxyl groups excluding tert-OH is 1. The highest BCUT2D eigenvalue weighted by Crippen LogP contribution is 2.28. The van der Waals surface area contributed by atoms with Gasteiger partial charge in [-0.25, -0.2) is 0 Å². The average Bonchev–Trinajstić information content (AvgIpc) is 2.34. The number of β-amino-alcohol motifs (C(OH)–C–C–N with tert-alkyl or cyclic N) is 1. The summed E-state index contributed by atoms with van der Waals surface area (Å²) in [5.74, 6) is 0.712. The lowest BCUT2D eigenvalue weighted by molar-refractivity contribution is 0.164. The summed E-state index contributed by atoms with van der Waals surface area (Å²) in [6.45, 7) is 7.73. The third-order valence-electron chi connectivity index (χ3n) is 4.01. The summed E-state index contributed by atoms with van der Waals surface area (Å²) in [6.07, 6.45) is 2.45. The molecule has 1 saturated heterocycles. The molecule has 0 spiro atoms. The van der Waals surface area contributed by atoms with Crippen molar-refractivity contribution in [3.8, 4) is 0 Å². The molecule has 0 aromatic heterocycles. The van der Waals surface area contributed by atoms with Gasteiger partial charge in [-0.15, -0.1) is 0 Å². The van der Waals surface area contributed by atoms with Crippen LogP contribution in [-0.2, 0) is 0 Å².